The van der Waals surface area contributed by atoms with Gasteiger partial charge in [-0.05, 0) is 83.7 Å². The lowest BCUT2D eigenvalue weighted by atomic mass is 10.2. The van der Waals surface area contributed by atoms with Gasteiger partial charge in [-0.3, -0.25) is 0 Å². The molecule has 0 spiro atoms. The third-order valence-corrected chi connectivity index (χ3v) is 4.26. The largest absolute Gasteiger partial charge is 0.506 e. The summed E-state index contributed by atoms with van der Waals surface area (Å²) >= 11 is 9.97. The number of benzene rings is 2. The molecule has 19 heavy (non-hydrogen) atoms. The van der Waals surface area contributed by atoms with Crippen LogP contribution >= 0.6 is 47.8 Å². The highest BCUT2D eigenvalue weighted by Crippen LogP contribution is 2.34. The third-order valence-electron chi connectivity index (χ3n) is 2.43. The average Bonchev–Trinajstić information content (AvgIpc) is 2.34. The van der Waals surface area contributed by atoms with Gasteiger partial charge in [0.25, 0.3) is 0 Å². The Morgan fingerprint density at radius 3 is 2.21 bits per heavy atom. The highest BCUT2D eigenvalue weighted by molar-refractivity contribution is 9.11. The number of rotatable bonds is 3. The first-order valence-electron chi connectivity index (χ1n) is 5.32. The van der Waals surface area contributed by atoms with E-state index in [9.17, 15) is 5.11 Å². The lowest BCUT2D eigenvalue weighted by molar-refractivity contribution is 0.304. The number of halogens is 3. The van der Waals surface area contributed by atoms with Gasteiger partial charge in [-0.15, -0.1) is 0 Å². The summed E-state index contributed by atoms with van der Waals surface area (Å²) in [6, 6.07) is 9.00. The molecule has 0 atom stereocenters. The smallest absolute Gasteiger partial charge is 0.143 e. The summed E-state index contributed by atoms with van der Waals surface area (Å²) in [4.78, 5) is 0. The minimum Gasteiger partial charge on any atom is -0.506 e. The van der Waals surface area contributed by atoms with E-state index in [0.717, 1.165) is 15.8 Å². The van der Waals surface area contributed by atoms with E-state index in [1.165, 1.54) is 0 Å². The lowest BCUT2D eigenvalue weighted by Crippen LogP contribution is -1.97. The molecule has 0 amide bonds. The molecule has 0 aliphatic rings. The van der Waals surface area contributed by atoms with Crippen LogP contribution in [-0.4, -0.2) is 5.11 Å². The van der Waals surface area contributed by atoms with E-state index in [4.69, 9.17) is 10.5 Å². The summed E-state index contributed by atoms with van der Waals surface area (Å²) in [6.07, 6.45) is 0. The molecule has 2 aromatic carbocycles. The second-order valence-electron chi connectivity index (χ2n) is 3.89. The predicted molar refractivity (Wildman–Crippen MR) is 86.4 cm³/mol. The second kappa shape index (κ2) is 6.15. The molecular formula is C13H10Br3NO2. The Morgan fingerprint density at radius 2 is 1.63 bits per heavy atom. The fraction of sp³-hybridized carbons (Fsp3) is 0.0769. The summed E-state index contributed by atoms with van der Waals surface area (Å²) < 4.78 is 7.76. The van der Waals surface area contributed by atoms with Crippen LogP contribution in [0.15, 0.2) is 43.7 Å². The molecular weight excluding hydrogens is 442 g/mol. The Balaban J connectivity index is 2.14. The first kappa shape index (κ1) is 14.7. The van der Waals surface area contributed by atoms with E-state index in [2.05, 4.69) is 47.8 Å². The van der Waals surface area contributed by atoms with Crippen molar-refractivity contribution in [3.8, 4) is 11.5 Å². The van der Waals surface area contributed by atoms with Gasteiger partial charge >= 0.3 is 0 Å². The molecule has 6 heteroatoms. The van der Waals surface area contributed by atoms with E-state index < -0.39 is 0 Å². The van der Waals surface area contributed by atoms with Crippen molar-refractivity contribution >= 4 is 53.5 Å². The zero-order valence-corrected chi connectivity index (χ0v) is 14.4. The van der Waals surface area contributed by atoms with Gasteiger partial charge in [-0.1, -0.05) is 0 Å². The number of anilines is 1. The van der Waals surface area contributed by atoms with E-state index in [-0.39, 0.29) is 5.75 Å². The van der Waals surface area contributed by atoms with Crippen LogP contribution in [0.1, 0.15) is 5.56 Å². The molecule has 0 heterocycles. The van der Waals surface area contributed by atoms with Gasteiger partial charge in [0.15, 0.2) is 0 Å². The van der Waals surface area contributed by atoms with Crippen molar-refractivity contribution in [2.45, 2.75) is 6.61 Å². The topological polar surface area (TPSA) is 55.5 Å². The van der Waals surface area contributed by atoms with Gasteiger partial charge in [0.05, 0.1) is 13.4 Å². The van der Waals surface area contributed by atoms with Crippen molar-refractivity contribution < 1.29 is 9.84 Å². The summed E-state index contributed by atoms with van der Waals surface area (Å²) in [5.41, 5.74) is 7.27. The maximum absolute atomic E-state index is 9.63. The molecule has 0 aromatic heterocycles. The molecule has 0 radical (unpaired) electrons. The molecule has 3 N–H and O–H groups in total. The van der Waals surface area contributed by atoms with Crippen LogP contribution < -0.4 is 10.5 Å². The Labute approximate surface area is 136 Å². The standard InChI is InChI=1S/C13H10Br3NO2/c14-9-5-8(17)1-2-12(9)19-6-7-3-10(15)13(18)11(16)4-7/h1-5,18H,6,17H2. The Morgan fingerprint density at radius 1 is 1.00 bits per heavy atom. The zero-order chi connectivity index (χ0) is 14.0. The monoisotopic (exact) mass is 449 g/mol. The highest BCUT2D eigenvalue weighted by atomic mass is 79.9. The van der Waals surface area contributed by atoms with Crippen molar-refractivity contribution in [1.82, 2.24) is 0 Å². The summed E-state index contributed by atoms with van der Waals surface area (Å²) in [7, 11) is 0. The molecule has 0 bridgehead atoms. The quantitative estimate of drug-likeness (QED) is 0.656. The summed E-state index contributed by atoms with van der Waals surface area (Å²) in [5, 5.41) is 9.63. The fourth-order valence-corrected chi connectivity index (χ4v) is 3.29. The molecule has 100 valence electrons. The number of phenolic OH excluding ortho intramolecular Hbond substituents is 1. The maximum Gasteiger partial charge on any atom is 0.143 e. The minimum atomic E-state index is 0.178. The molecule has 0 fully saturated rings. The molecule has 0 unspecified atom stereocenters. The minimum absolute atomic E-state index is 0.178. The number of ether oxygens (including phenoxy) is 1. The lowest BCUT2D eigenvalue weighted by Gasteiger charge is -2.10. The molecule has 2 aromatic rings. The van der Waals surface area contributed by atoms with E-state index in [0.29, 0.717) is 21.2 Å². The Bertz CT molecular complexity index is 594. The first-order chi connectivity index (χ1) is 8.97. The van der Waals surface area contributed by atoms with Gasteiger partial charge < -0.3 is 15.6 Å². The van der Waals surface area contributed by atoms with E-state index >= 15 is 0 Å². The molecule has 2 rings (SSSR count). The molecule has 3 nitrogen and oxygen atoms in total. The molecule has 0 saturated heterocycles. The number of nitrogens with two attached hydrogens (primary N) is 1. The van der Waals surface area contributed by atoms with Crippen LogP contribution in [-0.2, 0) is 6.61 Å². The predicted octanol–water partition coefficient (Wildman–Crippen LogP) is 4.84. The van der Waals surface area contributed by atoms with E-state index in [1.807, 2.05) is 18.2 Å². The average molecular weight is 452 g/mol. The van der Waals surface area contributed by atoms with Crippen molar-refractivity contribution in [2.24, 2.45) is 0 Å². The number of phenols is 1. The fourth-order valence-electron chi connectivity index (χ4n) is 1.50. The SMILES string of the molecule is Nc1ccc(OCc2cc(Br)c(O)c(Br)c2)c(Br)c1. The van der Waals surface area contributed by atoms with Gasteiger partial charge in [0, 0.05) is 5.69 Å². The Kier molecular flexibility index (Phi) is 4.76. The van der Waals surface area contributed by atoms with Crippen molar-refractivity contribution in [1.29, 1.82) is 0 Å². The van der Waals surface area contributed by atoms with Crippen molar-refractivity contribution in [3.63, 3.8) is 0 Å². The van der Waals surface area contributed by atoms with Crippen LogP contribution in [0, 0.1) is 0 Å². The summed E-state index contributed by atoms with van der Waals surface area (Å²) in [5.74, 6) is 0.895. The number of aromatic hydroxyl groups is 1. The van der Waals surface area contributed by atoms with Gasteiger partial charge in [0.2, 0.25) is 0 Å². The molecule has 0 saturated carbocycles. The van der Waals surface area contributed by atoms with Crippen LogP contribution in [0.3, 0.4) is 0 Å². The first-order valence-corrected chi connectivity index (χ1v) is 7.70. The van der Waals surface area contributed by atoms with Gasteiger partial charge in [-0.2, -0.15) is 0 Å². The summed E-state index contributed by atoms with van der Waals surface area (Å²) in [6.45, 7) is 0.389. The molecule has 0 aliphatic carbocycles. The second-order valence-corrected chi connectivity index (χ2v) is 6.45. The third kappa shape index (κ3) is 3.64. The van der Waals surface area contributed by atoms with Crippen molar-refractivity contribution in [2.75, 3.05) is 5.73 Å². The number of nitrogen functional groups attached to an aromatic ring is 1. The van der Waals surface area contributed by atoms with Crippen LogP contribution in [0.25, 0.3) is 0 Å². The van der Waals surface area contributed by atoms with Crippen LogP contribution in [0.5, 0.6) is 11.5 Å². The Hall–Kier alpha value is -0.720. The normalized spacial score (nSPS) is 10.5. The highest BCUT2D eigenvalue weighted by Gasteiger charge is 2.07. The van der Waals surface area contributed by atoms with Gasteiger partial charge in [-0.25, -0.2) is 0 Å². The maximum atomic E-state index is 9.63. The van der Waals surface area contributed by atoms with Crippen LogP contribution in [0.2, 0.25) is 0 Å². The van der Waals surface area contributed by atoms with Crippen LogP contribution in [0.4, 0.5) is 5.69 Å². The van der Waals surface area contributed by atoms with Crippen molar-refractivity contribution in [3.05, 3.63) is 49.3 Å². The van der Waals surface area contributed by atoms with E-state index in [1.54, 1.807) is 12.1 Å². The number of hydrogen-bond acceptors (Lipinski definition) is 3. The number of hydrogen-bond donors (Lipinski definition) is 2. The van der Waals surface area contributed by atoms with Gasteiger partial charge in [0.1, 0.15) is 18.1 Å². The molecule has 0 aliphatic heterocycles. The zero-order valence-electron chi connectivity index (χ0n) is 9.66.